The Morgan fingerprint density at radius 3 is 2.54 bits per heavy atom. The second-order valence-corrected chi connectivity index (χ2v) is 6.34. The lowest BCUT2D eigenvalue weighted by Gasteiger charge is -2.28. The van der Waals surface area contributed by atoms with E-state index in [1.807, 2.05) is 24.3 Å². The number of amides is 1. The summed E-state index contributed by atoms with van der Waals surface area (Å²) >= 11 is 0. The summed E-state index contributed by atoms with van der Waals surface area (Å²) in [6.45, 7) is 2.70. The van der Waals surface area contributed by atoms with E-state index in [0.717, 1.165) is 37.7 Å². The quantitative estimate of drug-likeness (QED) is 0.861. The summed E-state index contributed by atoms with van der Waals surface area (Å²) < 4.78 is 5.48. The van der Waals surface area contributed by atoms with Gasteiger partial charge < -0.3 is 10.1 Å². The number of hydrogen-bond donors (Lipinski definition) is 1. The Bertz CT molecular complexity index is 662. The van der Waals surface area contributed by atoms with Gasteiger partial charge in [0.25, 0.3) is 0 Å². The summed E-state index contributed by atoms with van der Waals surface area (Å²) in [5.41, 5.74) is 1.40. The van der Waals surface area contributed by atoms with Crippen molar-refractivity contribution in [1.82, 2.24) is 4.98 Å². The predicted octanol–water partition coefficient (Wildman–Crippen LogP) is 4.32. The number of aromatic nitrogens is 1. The summed E-state index contributed by atoms with van der Waals surface area (Å²) in [5.74, 6) is 0.656. The molecule has 1 aromatic carbocycles. The van der Waals surface area contributed by atoms with Gasteiger partial charge in [-0.1, -0.05) is 50.1 Å². The highest BCUT2D eigenvalue weighted by Crippen LogP contribution is 2.42. The molecule has 0 bridgehead atoms. The van der Waals surface area contributed by atoms with E-state index < -0.39 is 5.41 Å². The first kappa shape index (κ1) is 16.5. The maximum Gasteiger partial charge on any atom is 0.235 e. The Labute approximate surface area is 143 Å². The molecule has 2 aromatic rings. The van der Waals surface area contributed by atoms with Crippen molar-refractivity contribution >= 4 is 11.6 Å². The van der Waals surface area contributed by atoms with Crippen LogP contribution in [0.25, 0.3) is 0 Å². The minimum absolute atomic E-state index is 0.0650. The lowest BCUT2D eigenvalue weighted by Crippen LogP contribution is -2.37. The molecular formula is C20H24N2O2. The molecule has 1 fully saturated rings. The second-order valence-electron chi connectivity index (χ2n) is 6.34. The van der Waals surface area contributed by atoms with Gasteiger partial charge in [-0.05, 0) is 30.9 Å². The molecule has 1 amide bonds. The zero-order valence-electron chi connectivity index (χ0n) is 14.1. The number of anilines is 1. The normalized spacial score (nSPS) is 15.9. The molecule has 126 valence electrons. The van der Waals surface area contributed by atoms with Crippen LogP contribution in [-0.4, -0.2) is 17.5 Å². The molecule has 0 radical (unpaired) electrons. The van der Waals surface area contributed by atoms with Crippen LogP contribution in [0.5, 0.6) is 5.88 Å². The van der Waals surface area contributed by atoms with Gasteiger partial charge in [-0.2, -0.15) is 0 Å². The number of rotatable bonds is 6. The first-order valence-electron chi connectivity index (χ1n) is 8.70. The SMILES string of the molecule is CCCOc1ccc(NC(=O)C2(c3ccccc3)CCCC2)cn1. The van der Waals surface area contributed by atoms with Crippen LogP contribution in [0, 0.1) is 0 Å². The zero-order chi connectivity index (χ0) is 16.8. The third-order valence-corrected chi connectivity index (χ3v) is 4.67. The van der Waals surface area contributed by atoms with E-state index in [1.165, 1.54) is 0 Å². The number of ether oxygens (including phenoxy) is 1. The van der Waals surface area contributed by atoms with Crippen molar-refractivity contribution in [2.45, 2.75) is 44.4 Å². The van der Waals surface area contributed by atoms with Gasteiger partial charge in [0.2, 0.25) is 11.8 Å². The van der Waals surface area contributed by atoms with Crippen LogP contribution >= 0.6 is 0 Å². The molecule has 0 unspecified atom stereocenters. The number of benzene rings is 1. The summed E-state index contributed by atoms with van der Waals surface area (Å²) in [6, 6.07) is 13.8. The smallest absolute Gasteiger partial charge is 0.235 e. The van der Waals surface area contributed by atoms with Crippen LogP contribution in [0.4, 0.5) is 5.69 Å². The molecule has 1 aliphatic rings. The summed E-state index contributed by atoms with van der Waals surface area (Å²) in [4.78, 5) is 17.3. The standard InChI is InChI=1S/C20H24N2O2/c1-2-14-24-18-11-10-17(15-21-18)22-19(23)20(12-6-7-13-20)16-8-4-3-5-9-16/h3-5,8-11,15H,2,6-7,12-14H2,1H3,(H,22,23). The van der Waals surface area contributed by atoms with Crippen LogP contribution in [-0.2, 0) is 10.2 Å². The van der Waals surface area contributed by atoms with Crippen LogP contribution in [0.2, 0.25) is 0 Å². The predicted molar refractivity (Wildman–Crippen MR) is 95.2 cm³/mol. The van der Waals surface area contributed by atoms with Crippen LogP contribution in [0.1, 0.15) is 44.6 Å². The van der Waals surface area contributed by atoms with Crippen molar-refractivity contribution in [2.75, 3.05) is 11.9 Å². The molecule has 1 aliphatic carbocycles. The maximum atomic E-state index is 13.0. The van der Waals surface area contributed by atoms with Crippen molar-refractivity contribution in [3.05, 3.63) is 54.2 Å². The number of nitrogens with zero attached hydrogens (tertiary/aromatic N) is 1. The van der Waals surface area contributed by atoms with Gasteiger partial charge in [-0.25, -0.2) is 4.98 Å². The van der Waals surface area contributed by atoms with Gasteiger partial charge in [0.1, 0.15) is 0 Å². The number of carbonyl (C=O) groups excluding carboxylic acids is 1. The summed E-state index contributed by atoms with van der Waals surface area (Å²) in [6.07, 6.45) is 6.58. The monoisotopic (exact) mass is 324 g/mol. The fourth-order valence-electron chi connectivity index (χ4n) is 3.38. The lowest BCUT2D eigenvalue weighted by molar-refractivity contribution is -0.121. The molecule has 0 saturated heterocycles. The topological polar surface area (TPSA) is 51.2 Å². The molecule has 4 heteroatoms. The minimum Gasteiger partial charge on any atom is -0.478 e. The largest absolute Gasteiger partial charge is 0.478 e. The fraction of sp³-hybridized carbons (Fsp3) is 0.400. The first-order chi connectivity index (χ1) is 11.7. The second kappa shape index (κ2) is 7.47. The van der Waals surface area contributed by atoms with Gasteiger partial charge in [0, 0.05) is 6.07 Å². The average molecular weight is 324 g/mol. The van der Waals surface area contributed by atoms with E-state index in [2.05, 4.69) is 29.4 Å². The zero-order valence-corrected chi connectivity index (χ0v) is 14.1. The third kappa shape index (κ3) is 3.42. The van der Waals surface area contributed by atoms with Crippen molar-refractivity contribution in [1.29, 1.82) is 0 Å². The molecular weight excluding hydrogens is 300 g/mol. The number of nitrogens with one attached hydrogen (secondary N) is 1. The molecule has 0 spiro atoms. The lowest BCUT2D eigenvalue weighted by atomic mass is 9.78. The number of hydrogen-bond acceptors (Lipinski definition) is 3. The Morgan fingerprint density at radius 2 is 1.92 bits per heavy atom. The van der Waals surface area contributed by atoms with Gasteiger partial charge in [-0.15, -0.1) is 0 Å². The van der Waals surface area contributed by atoms with Crippen molar-refractivity contribution < 1.29 is 9.53 Å². The molecule has 4 nitrogen and oxygen atoms in total. The van der Waals surface area contributed by atoms with Crippen molar-refractivity contribution in [3.63, 3.8) is 0 Å². The minimum atomic E-state index is -0.418. The van der Waals surface area contributed by atoms with Crippen LogP contribution in [0.3, 0.4) is 0 Å². The highest BCUT2D eigenvalue weighted by atomic mass is 16.5. The maximum absolute atomic E-state index is 13.0. The van der Waals surface area contributed by atoms with E-state index in [0.29, 0.717) is 18.2 Å². The van der Waals surface area contributed by atoms with E-state index in [9.17, 15) is 4.79 Å². The highest BCUT2D eigenvalue weighted by Gasteiger charge is 2.42. The number of carbonyl (C=O) groups is 1. The molecule has 1 N–H and O–H groups in total. The Balaban J connectivity index is 1.75. The summed E-state index contributed by atoms with van der Waals surface area (Å²) in [7, 11) is 0. The Kier molecular flexibility index (Phi) is 5.14. The van der Waals surface area contributed by atoms with E-state index in [1.54, 1.807) is 12.3 Å². The van der Waals surface area contributed by atoms with Gasteiger partial charge in [0.15, 0.2) is 0 Å². The van der Waals surface area contributed by atoms with E-state index in [-0.39, 0.29) is 5.91 Å². The fourth-order valence-corrected chi connectivity index (χ4v) is 3.38. The number of pyridine rings is 1. The van der Waals surface area contributed by atoms with Crippen molar-refractivity contribution in [3.8, 4) is 5.88 Å². The van der Waals surface area contributed by atoms with Crippen LogP contribution < -0.4 is 10.1 Å². The Hall–Kier alpha value is -2.36. The Morgan fingerprint density at radius 1 is 1.17 bits per heavy atom. The van der Waals surface area contributed by atoms with Gasteiger partial charge in [-0.3, -0.25) is 4.79 Å². The average Bonchev–Trinajstić information content (AvgIpc) is 3.13. The molecule has 1 saturated carbocycles. The van der Waals surface area contributed by atoms with E-state index >= 15 is 0 Å². The molecule has 1 heterocycles. The molecule has 24 heavy (non-hydrogen) atoms. The highest BCUT2D eigenvalue weighted by molar-refractivity contribution is 5.99. The molecule has 0 aliphatic heterocycles. The molecule has 0 atom stereocenters. The van der Waals surface area contributed by atoms with E-state index in [4.69, 9.17) is 4.74 Å². The summed E-state index contributed by atoms with van der Waals surface area (Å²) in [5, 5.41) is 3.05. The van der Waals surface area contributed by atoms with Gasteiger partial charge >= 0.3 is 0 Å². The molecule has 3 rings (SSSR count). The van der Waals surface area contributed by atoms with Crippen LogP contribution in [0.15, 0.2) is 48.7 Å². The van der Waals surface area contributed by atoms with Crippen molar-refractivity contribution in [2.24, 2.45) is 0 Å². The molecule has 1 aromatic heterocycles. The van der Waals surface area contributed by atoms with Gasteiger partial charge in [0.05, 0.1) is 23.9 Å². The first-order valence-corrected chi connectivity index (χ1v) is 8.70. The third-order valence-electron chi connectivity index (χ3n) is 4.67.